The minimum Gasteiger partial charge on any atom is -0.401 e. The van der Waals surface area contributed by atoms with Gasteiger partial charge in [-0.25, -0.2) is 0 Å². The monoisotopic (exact) mass is 338 g/mol. The van der Waals surface area contributed by atoms with Crippen molar-refractivity contribution in [3.63, 3.8) is 0 Å². The molecule has 25 heavy (non-hydrogen) atoms. The fourth-order valence-electron chi connectivity index (χ4n) is 2.35. The first-order chi connectivity index (χ1) is 11.9. The van der Waals surface area contributed by atoms with E-state index in [1.54, 1.807) is 0 Å². The molecule has 0 unspecified atom stereocenters. The van der Waals surface area contributed by atoms with Crippen molar-refractivity contribution in [3.05, 3.63) is 83.1 Å². The second-order valence-electron chi connectivity index (χ2n) is 7.30. The number of rotatable bonds is 7. The fourth-order valence-corrected chi connectivity index (χ4v) is 2.35. The molecule has 0 fully saturated rings. The zero-order valence-corrected chi connectivity index (χ0v) is 16.3. The third kappa shape index (κ3) is 10.4. The Morgan fingerprint density at radius 2 is 1.52 bits per heavy atom. The molecule has 2 nitrogen and oxygen atoms in total. The van der Waals surface area contributed by atoms with Crippen LogP contribution in [0.3, 0.4) is 0 Å². The summed E-state index contributed by atoms with van der Waals surface area (Å²) in [5.74, 6) is 0.833. The summed E-state index contributed by atoms with van der Waals surface area (Å²) in [6.07, 6.45) is 2.17. The lowest BCUT2D eigenvalue weighted by Gasteiger charge is -2.07. The minimum absolute atomic E-state index is 0.662. The van der Waals surface area contributed by atoms with Crippen molar-refractivity contribution in [3.8, 4) is 0 Å². The van der Waals surface area contributed by atoms with E-state index in [1.807, 2.05) is 0 Å². The highest BCUT2D eigenvalue weighted by Crippen LogP contribution is 2.10. The first-order valence-corrected chi connectivity index (χ1v) is 9.14. The van der Waals surface area contributed by atoms with Gasteiger partial charge in [0.05, 0.1) is 0 Å². The van der Waals surface area contributed by atoms with E-state index in [2.05, 4.69) is 88.1 Å². The van der Waals surface area contributed by atoms with Crippen molar-refractivity contribution >= 4 is 0 Å². The van der Waals surface area contributed by atoms with Crippen molar-refractivity contribution in [2.75, 3.05) is 6.54 Å². The van der Waals surface area contributed by atoms with Gasteiger partial charge in [-0.05, 0) is 42.4 Å². The van der Waals surface area contributed by atoms with Gasteiger partial charge in [0.2, 0.25) is 0 Å². The van der Waals surface area contributed by atoms with Crippen molar-refractivity contribution in [1.29, 1.82) is 0 Å². The SMILES string of the molecule is C=C(N)CNCc1ccc(CCc2cccc(C)c2)cc1.CC(C)C. The quantitative estimate of drug-likeness (QED) is 0.745. The summed E-state index contributed by atoms with van der Waals surface area (Å²) in [5.41, 5.74) is 11.6. The van der Waals surface area contributed by atoms with Crippen LogP contribution in [-0.2, 0) is 19.4 Å². The van der Waals surface area contributed by atoms with Gasteiger partial charge < -0.3 is 11.1 Å². The summed E-state index contributed by atoms with van der Waals surface area (Å²) in [7, 11) is 0. The number of benzene rings is 2. The molecule has 3 N–H and O–H groups in total. The van der Waals surface area contributed by atoms with E-state index in [1.165, 1.54) is 22.3 Å². The van der Waals surface area contributed by atoms with Gasteiger partial charge in [0.25, 0.3) is 0 Å². The molecule has 0 saturated carbocycles. The molecule has 0 aliphatic rings. The van der Waals surface area contributed by atoms with Crippen LogP contribution in [0.4, 0.5) is 0 Å². The summed E-state index contributed by atoms with van der Waals surface area (Å²) < 4.78 is 0. The lowest BCUT2D eigenvalue weighted by Crippen LogP contribution is -2.19. The lowest BCUT2D eigenvalue weighted by molar-refractivity contribution is 0.736. The van der Waals surface area contributed by atoms with E-state index < -0.39 is 0 Å². The Bertz CT molecular complexity index is 624. The first-order valence-electron chi connectivity index (χ1n) is 9.14. The molecule has 2 aromatic rings. The van der Waals surface area contributed by atoms with Crippen LogP contribution in [0.25, 0.3) is 0 Å². The Labute approximate surface area is 154 Å². The number of hydrogen-bond donors (Lipinski definition) is 2. The molecule has 0 radical (unpaired) electrons. The molecule has 0 aliphatic carbocycles. The Morgan fingerprint density at radius 1 is 0.960 bits per heavy atom. The number of aryl methyl sites for hydroxylation is 3. The zero-order chi connectivity index (χ0) is 18.7. The third-order valence-corrected chi connectivity index (χ3v) is 3.49. The van der Waals surface area contributed by atoms with Crippen molar-refractivity contribution < 1.29 is 0 Å². The predicted molar refractivity (Wildman–Crippen MR) is 111 cm³/mol. The van der Waals surface area contributed by atoms with Gasteiger partial charge in [0.1, 0.15) is 0 Å². The van der Waals surface area contributed by atoms with E-state index in [0.717, 1.165) is 25.3 Å². The van der Waals surface area contributed by atoms with Crippen LogP contribution in [0.1, 0.15) is 43.0 Å². The molecule has 0 bridgehead atoms. The van der Waals surface area contributed by atoms with Gasteiger partial charge in [0.15, 0.2) is 0 Å². The molecule has 0 saturated heterocycles. The summed E-state index contributed by atoms with van der Waals surface area (Å²) >= 11 is 0. The average Bonchev–Trinajstić information content (AvgIpc) is 2.53. The Morgan fingerprint density at radius 3 is 2.08 bits per heavy atom. The second-order valence-corrected chi connectivity index (χ2v) is 7.30. The maximum absolute atomic E-state index is 5.53. The topological polar surface area (TPSA) is 38.0 Å². The van der Waals surface area contributed by atoms with E-state index in [0.29, 0.717) is 12.2 Å². The molecular weight excluding hydrogens is 304 g/mol. The number of hydrogen-bond acceptors (Lipinski definition) is 2. The van der Waals surface area contributed by atoms with E-state index in [-0.39, 0.29) is 0 Å². The van der Waals surface area contributed by atoms with E-state index in [4.69, 9.17) is 5.73 Å². The van der Waals surface area contributed by atoms with E-state index >= 15 is 0 Å². The second kappa shape index (κ2) is 11.5. The fraction of sp³-hybridized carbons (Fsp3) is 0.391. The third-order valence-electron chi connectivity index (χ3n) is 3.49. The van der Waals surface area contributed by atoms with Gasteiger partial charge in [0, 0.05) is 18.8 Å². The maximum atomic E-state index is 5.53. The Kier molecular flexibility index (Phi) is 9.64. The molecule has 0 spiro atoms. The summed E-state index contributed by atoms with van der Waals surface area (Å²) in [4.78, 5) is 0. The number of nitrogens with two attached hydrogens (primary N) is 1. The number of nitrogens with one attached hydrogen (secondary N) is 1. The molecule has 2 aromatic carbocycles. The Balaban J connectivity index is 0.000000705. The molecule has 2 heteroatoms. The van der Waals surface area contributed by atoms with Gasteiger partial charge in [-0.1, -0.05) is 81.4 Å². The molecule has 0 aliphatic heterocycles. The van der Waals surface area contributed by atoms with Gasteiger partial charge in [-0.3, -0.25) is 0 Å². The molecule has 136 valence electrons. The van der Waals surface area contributed by atoms with Crippen molar-refractivity contribution in [2.24, 2.45) is 11.7 Å². The summed E-state index contributed by atoms with van der Waals surface area (Å²) in [6.45, 7) is 13.8. The summed E-state index contributed by atoms with van der Waals surface area (Å²) in [5, 5.41) is 3.26. The molecule has 2 rings (SSSR count). The van der Waals surface area contributed by atoms with Gasteiger partial charge >= 0.3 is 0 Å². The maximum Gasteiger partial charge on any atom is 0.0348 e. The highest BCUT2D eigenvalue weighted by molar-refractivity contribution is 5.26. The average molecular weight is 339 g/mol. The van der Waals surface area contributed by atoms with Crippen LogP contribution in [0, 0.1) is 12.8 Å². The predicted octanol–water partition coefficient (Wildman–Crippen LogP) is 5.00. The van der Waals surface area contributed by atoms with Crippen molar-refractivity contribution in [1.82, 2.24) is 5.32 Å². The van der Waals surface area contributed by atoms with Crippen LogP contribution < -0.4 is 11.1 Å². The smallest absolute Gasteiger partial charge is 0.0348 e. The van der Waals surface area contributed by atoms with Gasteiger partial charge in [-0.2, -0.15) is 0 Å². The van der Waals surface area contributed by atoms with Crippen LogP contribution in [0.5, 0.6) is 0 Å². The molecular formula is C23H34N2. The van der Waals surface area contributed by atoms with Crippen molar-refractivity contribution in [2.45, 2.75) is 47.1 Å². The molecule has 0 heterocycles. The standard InChI is InChI=1S/C19H24N2.C4H10/c1-15-4-3-5-18(12-15)9-6-17-7-10-19(11-8-17)14-21-13-16(2)20;1-4(2)3/h3-5,7-8,10-12,21H,2,6,9,13-14,20H2,1H3;4H,1-3H3. The lowest BCUT2D eigenvalue weighted by atomic mass is 10.0. The zero-order valence-electron chi connectivity index (χ0n) is 16.3. The minimum atomic E-state index is 0.662. The van der Waals surface area contributed by atoms with E-state index in [9.17, 15) is 0 Å². The van der Waals surface area contributed by atoms with Crippen LogP contribution in [-0.4, -0.2) is 6.54 Å². The highest BCUT2D eigenvalue weighted by Gasteiger charge is 1.98. The van der Waals surface area contributed by atoms with Crippen LogP contribution in [0.2, 0.25) is 0 Å². The molecule has 0 aromatic heterocycles. The highest BCUT2D eigenvalue weighted by atomic mass is 14.9. The first kappa shape index (κ1) is 21.0. The van der Waals surface area contributed by atoms with Crippen LogP contribution >= 0.6 is 0 Å². The molecule has 0 atom stereocenters. The van der Waals surface area contributed by atoms with Crippen LogP contribution in [0.15, 0.2) is 60.8 Å². The molecule has 0 amide bonds. The summed E-state index contributed by atoms with van der Waals surface area (Å²) in [6, 6.07) is 17.5. The largest absolute Gasteiger partial charge is 0.401 e. The Hall–Kier alpha value is -2.06. The normalized spacial score (nSPS) is 10.3. The van der Waals surface area contributed by atoms with Gasteiger partial charge in [-0.15, -0.1) is 0 Å².